The summed E-state index contributed by atoms with van der Waals surface area (Å²) in [6, 6.07) is 11.7. The molecule has 0 amide bonds. The number of nitrogens with one attached hydrogen (secondary N) is 1. The monoisotopic (exact) mass is 284 g/mol. The lowest BCUT2D eigenvalue weighted by atomic mass is 9.87. The highest BCUT2D eigenvalue weighted by Gasteiger charge is 2.22. The Hall–Kier alpha value is -2.41. The number of benzene rings is 2. The number of nitriles is 1. The number of fused-ring (bicyclic) bond motifs is 1. The van der Waals surface area contributed by atoms with Crippen LogP contribution in [0.4, 0.5) is 14.5 Å². The van der Waals surface area contributed by atoms with Crippen LogP contribution in [-0.4, -0.2) is 0 Å². The van der Waals surface area contributed by atoms with E-state index in [9.17, 15) is 8.78 Å². The third-order valence-electron chi connectivity index (χ3n) is 3.86. The van der Waals surface area contributed by atoms with Crippen molar-refractivity contribution in [1.29, 1.82) is 5.26 Å². The van der Waals surface area contributed by atoms with Gasteiger partial charge in [-0.3, -0.25) is 0 Å². The molecule has 3 rings (SSSR count). The van der Waals surface area contributed by atoms with Crippen molar-refractivity contribution in [2.24, 2.45) is 0 Å². The van der Waals surface area contributed by atoms with E-state index in [0.717, 1.165) is 37.0 Å². The Morgan fingerprint density at radius 3 is 2.57 bits per heavy atom. The van der Waals surface area contributed by atoms with Gasteiger partial charge in [-0.05, 0) is 42.5 Å². The van der Waals surface area contributed by atoms with E-state index >= 15 is 0 Å². The van der Waals surface area contributed by atoms with Crippen molar-refractivity contribution in [3.05, 3.63) is 64.7 Å². The number of nitrogens with zero attached hydrogens (tertiary/aromatic N) is 1. The predicted octanol–water partition coefficient (Wildman–Crippen LogP) is 4.33. The molecule has 1 aliphatic rings. The second-order valence-electron chi connectivity index (χ2n) is 5.21. The Kier molecular flexibility index (Phi) is 3.57. The second-order valence-corrected chi connectivity index (χ2v) is 5.21. The fourth-order valence-corrected chi connectivity index (χ4v) is 2.85. The number of hydrogen-bond donors (Lipinski definition) is 1. The minimum atomic E-state index is -0.727. The second kappa shape index (κ2) is 5.53. The summed E-state index contributed by atoms with van der Waals surface area (Å²) in [4.78, 5) is 0. The summed E-state index contributed by atoms with van der Waals surface area (Å²) in [5, 5.41) is 11.7. The van der Waals surface area contributed by atoms with Gasteiger partial charge in [-0.1, -0.05) is 24.3 Å². The van der Waals surface area contributed by atoms with Gasteiger partial charge in [0, 0.05) is 0 Å². The molecule has 0 unspecified atom stereocenters. The average Bonchev–Trinajstić information content (AvgIpc) is 2.50. The minimum Gasteiger partial charge on any atom is -0.373 e. The highest BCUT2D eigenvalue weighted by atomic mass is 19.1. The van der Waals surface area contributed by atoms with Gasteiger partial charge in [0.2, 0.25) is 0 Å². The summed E-state index contributed by atoms with van der Waals surface area (Å²) in [6.45, 7) is 0. The fraction of sp³-hybridized carbons (Fsp3) is 0.235. The van der Waals surface area contributed by atoms with E-state index in [1.165, 1.54) is 5.56 Å². The molecule has 106 valence electrons. The van der Waals surface area contributed by atoms with Crippen LogP contribution in [0.1, 0.15) is 35.6 Å². The fourth-order valence-electron chi connectivity index (χ4n) is 2.85. The largest absolute Gasteiger partial charge is 0.373 e. The molecule has 0 aromatic heterocycles. The SMILES string of the molecule is N#Cc1cc(F)c(N[C@@H]2CCCc3ccccc32)c(F)c1. The third kappa shape index (κ3) is 2.59. The zero-order chi connectivity index (χ0) is 14.8. The van der Waals surface area contributed by atoms with Gasteiger partial charge < -0.3 is 5.32 Å². The van der Waals surface area contributed by atoms with Gasteiger partial charge >= 0.3 is 0 Å². The van der Waals surface area contributed by atoms with E-state index in [1.807, 2.05) is 18.2 Å². The summed E-state index contributed by atoms with van der Waals surface area (Å²) in [5.74, 6) is -1.45. The number of rotatable bonds is 2. The molecule has 21 heavy (non-hydrogen) atoms. The van der Waals surface area contributed by atoms with E-state index < -0.39 is 11.6 Å². The predicted molar refractivity (Wildman–Crippen MR) is 76.8 cm³/mol. The summed E-state index contributed by atoms with van der Waals surface area (Å²) in [6.07, 6.45) is 2.80. The number of hydrogen-bond acceptors (Lipinski definition) is 2. The molecule has 0 fully saturated rings. The Morgan fingerprint density at radius 1 is 1.14 bits per heavy atom. The highest BCUT2D eigenvalue weighted by molar-refractivity contribution is 5.52. The van der Waals surface area contributed by atoms with Crippen LogP contribution < -0.4 is 5.32 Å². The summed E-state index contributed by atoms with van der Waals surface area (Å²) in [7, 11) is 0. The molecule has 2 aromatic carbocycles. The van der Waals surface area contributed by atoms with Crippen LogP contribution in [0.25, 0.3) is 0 Å². The van der Waals surface area contributed by atoms with E-state index in [1.54, 1.807) is 6.07 Å². The van der Waals surface area contributed by atoms with E-state index in [4.69, 9.17) is 5.26 Å². The minimum absolute atomic E-state index is 0.0143. The molecule has 4 heteroatoms. The van der Waals surface area contributed by atoms with Crippen molar-refractivity contribution in [2.75, 3.05) is 5.32 Å². The summed E-state index contributed by atoms with van der Waals surface area (Å²) < 4.78 is 28.0. The average molecular weight is 284 g/mol. The van der Waals surface area contributed by atoms with Crippen LogP contribution in [0.3, 0.4) is 0 Å². The zero-order valence-electron chi connectivity index (χ0n) is 11.4. The van der Waals surface area contributed by atoms with Crippen LogP contribution in [0.5, 0.6) is 0 Å². The Balaban J connectivity index is 1.94. The molecule has 0 saturated heterocycles. The molecule has 0 heterocycles. The first-order valence-corrected chi connectivity index (χ1v) is 6.92. The number of halogens is 2. The van der Waals surface area contributed by atoms with Crippen molar-refractivity contribution in [3.63, 3.8) is 0 Å². The molecule has 0 aliphatic heterocycles. The van der Waals surface area contributed by atoms with Gasteiger partial charge in [0.05, 0.1) is 17.7 Å². The van der Waals surface area contributed by atoms with E-state index in [0.29, 0.717) is 0 Å². The maximum atomic E-state index is 14.0. The standard InChI is InChI=1S/C17H14F2N2/c18-14-8-11(10-20)9-15(19)17(14)21-16-7-3-5-12-4-1-2-6-13(12)16/h1-2,4,6,8-9,16,21H,3,5,7H2/t16-/m1/s1. The van der Waals surface area contributed by atoms with E-state index in [2.05, 4.69) is 11.4 Å². The van der Waals surface area contributed by atoms with Gasteiger partial charge in [-0.2, -0.15) is 5.26 Å². The summed E-state index contributed by atoms with van der Waals surface area (Å²) >= 11 is 0. The Bertz CT molecular complexity index is 696. The number of anilines is 1. The van der Waals surface area contributed by atoms with Crippen molar-refractivity contribution in [2.45, 2.75) is 25.3 Å². The first-order valence-electron chi connectivity index (χ1n) is 6.92. The number of aryl methyl sites for hydroxylation is 1. The molecular weight excluding hydrogens is 270 g/mol. The van der Waals surface area contributed by atoms with Crippen LogP contribution in [0.2, 0.25) is 0 Å². The van der Waals surface area contributed by atoms with Crippen LogP contribution in [0.15, 0.2) is 36.4 Å². The molecular formula is C17H14F2N2. The van der Waals surface area contributed by atoms with Gasteiger partial charge in [-0.25, -0.2) is 8.78 Å². The van der Waals surface area contributed by atoms with Crippen molar-refractivity contribution in [1.82, 2.24) is 0 Å². The maximum Gasteiger partial charge on any atom is 0.150 e. The van der Waals surface area contributed by atoms with Gasteiger partial charge in [-0.15, -0.1) is 0 Å². The lowest BCUT2D eigenvalue weighted by Gasteiger charge is -2.27. The molecule has 1 atom stereocenters. The molecule has 0 bridgehead atoms. The van der Waals surface area contributed by atoms with Gasteiger partial charge in [0.15, 0.2) is 11.6 Å². The Morgan fingerprint density at radius 2 is 1.86 bits per heavy atom. The first-order chi connectivity index (χ1) is 10.2. The van der Waals surface area contributed by atoms with Gasteiger partial charge in [0.25, 0.3) is 0 Å². The maximum absolute atomic E-state index is 14.0. The third-order valence-corrected chi connectivity index (χ3v) is 3.86. The normalized spacial score (nSPS) is 16.9. The quantitative estimate of drug-likeness (QED) is 0.891. The van der Waals surface area contributed by atoms with Crippen molar-refractivity contribution >= 4 is 5.69 Å². The molecule has 1 aliphatic carbocycles. The zero-order valence-corrected chi connectivity index (χ0v) is 11.4. The Labute approximate surface area is 122 Å². The van der Waals surface area contributed by atoms with Crippen LogP contribution >= 0.6 is 0 Å². The van der Waals surface area contributed by atoms with Crippen LogP contribution in [-0.2, 0) is 6.42 Å². The summed E-state index contributed by atoms with van der Waals surface area (Å²) in [5.41, 5.74) is 2.14. The lowest BCUT2D eigenvalue weighted by Crippen LogP contribution is -2.18. The smallest absolute Gasteiger partial charge is 0.150 e. The molecule has 1 N–H and O–H groups in total. The van der Waals surface area contributed by atoms with Crippen LogP contribution in [0, 0.1) is 23.0 Å². The van der Waals surface area contributed by atoms with Crippen molar-refractivity contribution < 1.29 is 8.78 Å². The highest BCUT2D eigenvalue weighted by Crippen LogP contribution is 2.34. The topological polar surface area (TPSA) is 35.8 Å². The van der Waals surface area contributed by atoms with Crippen molar-refractivity contribution in [3.8, 4) is 6.07 Å². The first kappa shape index (κ1) is 13.6. The lowest BCUT2D eigenvalue weighted by molar-refractivity contribution is 0.561. The molecule has 0 saturated carbocycles. The molecule has 2 aromatic rings. The molecule has 0 radical (unpaired) electrons. The van der Waals surface area contributed by atoms with Gasteiger partial charge in [0.1, 0.15) is 5.69 Å². The van der Waals surface area contributed by atoms with E-state index in [-0.39, 0.29) is 17.3 Å². The molecule has 2 nitrogen and oxygen atoms in total. The molecule has 0 spiro atoms.